The maximum absolute atomic E-state index is 5.93. The van der Waals surface area contributed by atoms with Crippen LogP contribution in [0.2, 0.25) is 0 Å². The van der Waals surface area contributed by atoms with Crippen LogP contribution in [0.25, 0.3) is 28.2 Å². The second-order valence-corrected chi connectivity index (χ2v) is 8.55. The van der Waals surface area contributed by atoms with Crippen molar-refractivity contribution in [2.24, 2.45) is 0 Å². The van der Waals surface area contributed by atoms with Crippen molar-refractivity contribution in [1.29, 1.82) is 0 Å². The van der Waals surface area contributed by atoms with Gasteiger partial charge in [-0.2, -0.15) is 5.10 Å². The lowest BCUT2D eigenvalue weighted by molar-refractivity contribution is 0.540. The van der Waals surface area contributed by atoms with Crippen LogP contribution in [0.3, 0.4) is 0 Å². The zero-order valence-corrected chi connectivity index (χ0v) is 18.5. The summed E-state index contributed by atoms with van der Waals surface area (Å²) in [6, 6.07) is 18.6. The van der Waals surface area contributed by atoms with Gasteiger partial charge in [0.1, 0.15) is 10.8 Å². The fraction of sp³-hybridized carbons (Fsp3) is 0.160. The van der Waals surface area contributed by atoms with E-state index in [1.807, 2.05) is 41.9 Å². The normalized spacial score (nSPS) is 11.3. The quantitative estimate of drug-likeness (QED) is 0.310. The van der Waals surface area contributed by atoms with Crippen molar-refractivity contribution in [3.05, 3.63) is 89.6 Å². The molecule has 154 valence electrons. The molecule has 5 aromatic rings. The molecule has 0 radical (unpaired) electrons. The highest BCUT2D eigenvalue weighted by Gasteiger charge is 2.15. The first-order chi connectivity index (χ1) is 15.1. The molecule has 6 heteroatoms. The molecule has 3 heterocycles. The maximum atomic E-state index is 5.93. The molecule has 5 rings (SSSR count). The van der Waals surface area contributed by atoms with Gasteiger partial charge in [0.05, 0.1) is 16.9 Å². The molecule has 5 nitrogen and oxygen atoms in total. The molecule has 0 aliphatic heterocycles. The first-order valence-electron chi connectivity index (χ1n) is 10.1. The van der Waals surface area contributed by atoms with Gasteiger partial charge >= 0.3 is 0 Å². The van der Waals surface area contributed by atoms with Crippen LogP contribution in [-0.4, -0.2) is 19.6 Å². The van der Waals surface area contributed by atoms with Crippen molar-refractivity contribution < 1.29 is 4.42 Å². The lowest BCUT2D eigenvalue weighted by atomic mass is 10.1. The number of thioether (sulfide) groups is 1. The van der Waals surface area contributed by atoms with Gasteiger partial charge in [0.15, 0.2) is 0 Å². The molecule has 0 saturated carbocycles. The monoisotopic (exact) mass is 426 g/mol. The Bertz CT molecular complexity index is 1370. The number of hydrogen-bond acceptors (Lipinski definition) is 5. The molecule has 0 bridgehead atoms. The summed E-state index contributed by atoms with van der Waals surface area (Å²) in [5.41, 5.74) is 7.42. The van der Waals surface area contributed by atoms with Crippen molar-refractivity contribution in [3.8, 4) is 22.7 Å². The van der Waals surface area contributed by atoms with Crippen molar-refractivity contribution in [1.82, 2.24) is 19.6 Å². The number of fused-ring (bicyclic) bond motifs is 1. The highest BCUT2D eigenvalue weighted by atomic mass is 32.2. The van der Waals surface area contributed by atoms with Crippen LogP contribution in [0.5, 0.6) is 0 Å². The number of hydrogen-bond donors (Lipinski definition) is 0. The number of rotatable bonds is 5. The zero-order chi connectivity index (χ0) is 21.4. The molecule has 31 heavy (non-hydrogen) atoms. The van der Waals surface area contributed by atoms with Gasteiger partial charge in [-0.05, 0) is 44.5 Å². The van der Waals surface area contributed by atoms with E-state index in [1.165, 1.54) is 11.1 Å². The van der Waals surface area contributed by atoms with E-state index in [4.69, 9.17) is 14.5 Å². The Kier molecular flexibility index (Phi) is 5.08. The molecule has 2 aromatic carbocycles. The Morgan fingerprint density at radius 2 is 1.81 bits per heavy atom. The third kappa shape index (κ3) is 3.86. The molecule has 0 unspecified atom stereocenters. The minimum atomic E-state index is 0.658. The van der Waals surface area contributed by atoms with Crippen LogP contribution in [0.1, 0.15) is 22.6 Å². The van der Waals surface area contributed by atoms with E-state index < -0.39 is 0 Å². The van der Waals surface area contributed by atoms with Gasteiger partial charge in [0.25, 0.3) is 0 Å². The van der Waals surface area contributed by atoms with Crippen molar-refractivity contribution >= 4 is 17.3 Å². The molecule has 0 spiro atoms. The molecule has 0 amide bonds. The standard InChI is InChI=1S/C25H22N4OS/c1-16-8-10-19(11-9-16)24-27-22(18(3)30-24)15-31-25-23-14-21(28-29(23)13-12-26-25)20-7-5-4-6-17(20)2/h4-14H,15H2,1-3H3. The Morgan fingerprint density at radius 3 is 2.61 bits per heavy atom. The van der Waals surface area contributed by atoms with Crippen molar-refractivity contribution in [2.75, 3.05) is 0 Å². The van der Waals surface area contributed by atoms with E-state index in [1.54, 1.807) is 18.0 Å². The van der Waals surface area contributed by atoms with Crippen LogP contribution < -0.4 is 0 Å². The van der Waals surface area contributed by atoms with E-state index in [0.29, 0.717) is 11.6 Å². The Morgan fingerprint density at radius 1 is 1.00 bits per heavy atom. The fourth-order valence-corrected chi connectivity index (χ4v) is 4.50. The summed E-state index contributed by atoms with van der Waals surface area (Å²) in [6.45, 7) is 6.14. The lowest BCUT2D eigenvalue weighted by Gasteiger charge is -2.01. The van der Waals surface area contributed by atoms with E-state index in [-0.39, 0.29) is 0 Å². The summed E-state index contributed by atoms with van der Waals surface area (Å²) in [6.07, 6.45) is 3.68. The predicted octanol–water partition coefficient (Wildman–Crippen LogP) is 6.27. The summed E-state index contributed by atoms with van der Waals surface area (Å²) >= 11 is 1.65. The summed E-state index contributed by atoms with van der Waals surface area (Å²) in [4.78, 5) is 9.33. The second kappa shape index (κ2) is 8.04. The SMILES string of the molecule is Cc1ccc(-c2nc(CSc3nccn4nc(-c5ccccc5C)cc34)c(C)o2)cc1. The largest absolute Gasteiger partial charge is 0.441 e. The first kappa shape index (κ1) is 19.6. The second-order valence-electron chi connectivity index (χ2n) is 7.58. The topological polar surface area (TPSA) is 56.2 Å². The third-order valence-corrected chi connectivity index (χ3v) is 6.32. The van der Waals surface area contributed by atoms with E-state index in [9.17, 15) is 0 Å². The van der Waals surface area contributed by atoms with Gasteiger partial charge in [0, 0.05) is 29.3 Å². The minimum Gasteiger partial charge on any atom is -0.441 e. The van der Waals surface area contributed by atoms with Crippen molar-refractivity contribution in [2.45, 2.75) is 31.6 Å². The number of oxazole rings is 1. The molecule has 0 fully saturated rings. The van der Waals surface area contributed by atoms with Crippen LogP contribution in [0.15, 0.2) is 76.4 Å². The average molecular weight is 427 g/mol. The molecule has 0 saturated heterocycles. The summed E-state index contributed by atoms with van der Waals surface area (Å²) in [5.74, 6) is 2.17. The molecular formula is C25H22N4OS. The van der Waals surface area contributed by atoms with Gasteiger partial charge in [0.2, 0.25) is 5.89 Å². The van der Waals surface area contributed by atoms with E-state index in [0.717, 1.165) is 38.8 Å². The van der Waals surface area contributed by atoms with E-state index in [2.05, 4.69) is 49.2 Å². The minimum absolute atomic E-state index is 0.658. The lowest BCUT2D eigenvalue weighted by Crippen LogP contribution is -1.92. The summed E-state index contributed by atoms with van der Waals surface area (Å²) < 4.78 is 7.82. The molecular weight excluding hydrogens is 404 g/mol. The Labute approximate surface area is 185 Å². The Balaban J connectivity index is 1.41. The van der Waals surface area contributed by atoms with Crippen LogP contribution in [-0.2, 0) is 5.75 Å². The number of aromatic nitrogens is 4. The number of nitrogens with zero attached hydrogens (tertiary/aromatic N) is 4. The molecule has 3 aromatic heterocycles. The van der Waals surface area contributed by atoms with Gasteiger partial charge in [-0.3, -0.25) is 0 Å². The molecule has 0 atom stereocenters. The van der Waals surface area contributed by atoms with Gasteiger partial charge in [-0.25, -0.2) is 14.5 Å². The highest BCUT2D eigenvalue weighted by molar-refractivity contribution is 7.98. The van der Waals surface area contributed by atoms with Crippen LogP contribution >= 0.6 is 11.8 Å². The molecule has 0 aliphatic carbocycles. The number of aryl methyl sites for hydroxylation is 3. The van der Waals surface area contributed by atoms with Gasteiger partial charge in [-0.15, -0.1) is 0 Å². The smallest absolute Gasteiger partial charge is 0.226 e. The summed E-state index contributed by atoms with van der Waals surface area (Å²) in [7, 11) is 0. The van der Waals surface area contributed by atoms with Crippen LogP contribution in [0, 0.1) is 20.8 Å². The number of benzene rings is 2. The van der Waals surface area contributed by atoms with Gasteiger partial charge < -0.3 is 4.42 Å². The summed E-state index contributed by atoms with van der Waals surface area (Å²) in [5, 5.41) is 5.68. The highest BCUT2D eigenvalue weighted by Crippen LogP contribution is 2.31. The predicted molar refractivity (Wildman–Crippen MR) is 124 cm³/mol. The zero-order valence-electron chi connectivity index (χ0n) is 17.7. The van der Waals surface area contributed by atoms with E-state index >= 15 is 0 Å². The Hall–Kier alpha value is -3.38. The molecule has 0 aliphatic rings. The van der Waals surface area contributed by atoms with Crippen molar-refractivity contribution in [3.63, 3.8) is 0 Å². The fourth-order valence-electron chi connectivity index (χ4n) is 3.52. The van der Waals surface area contributed by atoms with Crippen LogP contribution in [0.4, 0.5) is 0 Å². The van der Waals surface area contributed by atoms with Gasteiger partial charge in [-0.1, -0.05) is 53.7 Å². The maximum Gasteiger partial charge on any atom is 0.226 e. The first-order valence-corrected chi connectivity index (χ1v) is 11.1. The average Bonchev–Trinajstić information content (AvgIpc) is 3.37. The molecule has 0 N–H and O–H groups in total. The third-order valence-electron chi connectivity index (χ3n) is 5.31.